The molecule has 0 atom stereocenters. The molecule has 0 saturated heterocycles. The van der Waals surface area contributed by atoms with Crippen molar-refractivity contribution in [1.29, 1.82) is 0 Å². The zero-order valence-electron chi connectivity index (χ0n) is 17.4. The summed E-state index contributed by atoms with van der Waals surface area (Å²) in [7, 11) is 1.79. The van der Waals surface area contributed by atoms with Gasteiger partial charge in [0.15, 0.2) is 5.78 Å². The molecule has 0 unspecified atom stereocenters. The number of likely N-dealkylation sites (N-methyl/N-ethyl adjacent to an activating group) is 1. The van der Waals surface area contributed by atoms with Crippen molar-refractivity contribution in [1.82, 2.24) is 9.47 Å². The largest absolute Gasteiger partial charge is 0.343 e. The van der Waals surface area contributed by atoms with Gasteiger partial charge in [0.25, 0.3) is 0 Å². The Balaban J connectivity index is 1.59. The number of amides is 1. The summed E-state index contributed by atoms with van der Waals surface area (Å²) in [6, 6.07) is 13.7. The van der Waals surface area contributed by atoms with E-state index in [9.17, 15) is 9.59 Å². The van der Waals surface area contributed by atoms with Crippen LogP contribution in [0.1, 0.15) is 32.2 Å². The van der Waals surface area contributed by atoms with E-state index in [1.807, 2.05) is 57.2 Å². The number of anilines is 1. The maximum absolute atomic E-state index is 12.8. The lowest BCUT2D eigenvalue weighted by atomic mass is 10.1. The second kappa shape index (κ2) is 9.20. The Morgan fingerprint density at radius 2 is 1.79 bits per heavy atom. The number of nitrogens with zero attached hydrogens (tertiary/aromatic N) is 2. The number of carbonyl (C=O) groups is 2. The Labute approximate surface area is 176 Å². The molecular weight excluding hydrogens is 382 g/mol. The zero-order chi connectivity index (χ0) is 21.0. The Morgan fingerprint density at radius 3 is 2.45 bits per heavy atom. The lowest BCUT2D eigenvalue weighted by molar-refractivity contribution is -0.116. The van der Waals surface area contributed by atoms with Crippen LogP contribution in [-0.2, 0) is 11.3 Å². The number of nitrogens with one attached hydrogen (secondary N) is 1. The van der Waals surface area contributed by atoms with Gasteiger partial charge in [0.05, 0.1) is 19.6 Å². The molecule has 2 heterocycles. The smallest absolute Gasteiger partial charge is 0.238 e. The van der Waals surface area contributed by atoms with Crippen molar-refractivity contribution in [2.45, 2.75) is 27.3 Å². The Bertz CT molecular complexity index is 988. The van der Waals surface area contributed by atoms with Crippen LogP contribution >= 0.6 is 11.3 Å². The first-order valence-corrected chi connectivity index (χ1v) is 10.5. The third kappa shape index (κ3) is 5.43. The fraction of sp³-hybridized carbons (Fsp3) is 0.304. The number of thiophene rings is 1. The van der Waals surface area contributed by atoms with E-state index in [-0.39, 0.29) is 24.8 Å². The van der Waals surface area contributed by atoms with E-state index < -0.39 is 0 Å². The van der Waals surface area contributed by atoms with Crippen molar-refractivity contribution < 1.29 is 9.59 Å². The highest BCUT2D eigenvalue weighted by Gasteiger charge is 2.18. The summed E-state index contributed by atoms with van der Waals surface area (Å²) in [6.45, 7) is 7.14. The van der Waals surface area contributed by atoms with Gasteiger partial charge < -0.3 is 9.88 Å². The van der Waals surface area contributed by atoms with Gasteiger partial charge in [0.2, 0.25) is 5.91 Å². The number of Topliss-reactive ketones (excluding diaryl/α,β-unsaturated/α-hetero) is 1. The highest BCUT2D eigenvalue weighted by atomic mass is 32.1. The van der Waals surface area contributed by atoms with Gasteiger partial charge in [-0.25, -0.2) is 0 Å². The van der Waals surface area contributed by atoms with Crippen molar-refractivity contribution in [3.8, 4) is 0 Å². The number of benzene rings is 1. The molecule has 29 heavy (non-hydrogen) atoms. The predicted octanol–water partition coefficient (Wildman–Crippen LogP) is 4.28. The molecule has 6 heteroatoms. The SMILES string of the molecule is Cc1ccc(NC(=O)CN(C)CC(=O)c2cc(C)n(Cc3cccs3)c2C)cc1. The molecule has 0 aliphatic rings. The first kappa shape index (κ1) is 21.0. The lowest BCUT2D eigenvalue weighted by Gasteiger charge is -2.16. The minimum atomic E-state index is -0.132. The summed E-state index contributed by atoms with van der Waals surface area (Å²) in [5.41, 5.74) is 4.67. The summed E-state index contributed by atoms with van der Waals surface area (Å²) in [5, 5.41) is 4.93. The minimum Gasteiger partial charge on any atom is -0.343 e. The minimum absolute atomic E-state index is 0.0289. The number of rotatable bonds is 8. The number of aryl methyl sites for hydroxylation is 2. The molecule has 152 valence electrons. The molecule has 0 radical (unpaired) electrons. The molecule has 0 saturated carbocycles. The van der Waals surface area contributed by atoms with Crippen LogP contribution in [0.25, 0.3) is 0 Å². The molecule has 0 spiro atoms. The normalized spacial score (nSPS) is 11.1. The number of aromatic nitrogens is 1. The maximum Gasteiger partial charge on any atom is 0.238 e. The van der Waals surface area contributed by atoms with Gasteiger partial charge in [-0.1, -0.05) is 23.8 Å². The van der Waals surface area contributed by atoms with Crippen LogP contribution in [0.4, 0.5) is 5.69 Å². The van der Waals surface area contributed by atoms with E-state index in [2.05, 4.69) is 21.3 Å². The van der Waals surface area contributed by atoms with Gasteiger partial charge in [0.1, 0.15) is 0 Å². The maximum atomic E-state index is 12.8. The Hall–Kier alpha value is -2.70. The van der Waals surface area contributed by atoms with Crippen molar-refractivity contribution in [2.24, 2.45) is 0 Å². The van der Waals surface area contributed by atoms with Gasteiger partial charge in [0, 0.05) is 27.5 Å². The van der Waals surface area contributed by atoms with E-state index in [4.69, 9.17) is 0 Å². The second-order valence-corrected chi connectivity index (χ2v) is 8.49. The van der Waals surface area contributed by atoms with Gasteiger partial charge in [-0.15, -0.1) is 11.3 Å². The van der Waals surface area contributed by atoms with Crippen LogP contribution < -0.4 is 5.32 Å². The molecule has 0 aliphatic carbocycles. The second-order valence-electron chi connectivity index (χ2n) is 7.46. The van der Waals surface area contributed by atoms with Crippen molar-refractivity contribution in [2.75, 3.05) is 25.5 Å². The highest BCUT2D eigenvalue weighted by molar-refractivity contribution is 7.09. The van der Waals surface area contributed by atoms with Gasteiger partial charge in [-0.2, -0.15) is 0 Å². The molecular formula is C23H27N3O2S. The number of ketones is 1. The van der Waals surface area contributed by atoms with E-state index in [0.29, 0.717) is 0 Å². The van der Waals surface area contributed by atoms with Crippen LogP contribution in [0.3, 0.4) is 0 Å². The zero-order valence-corrected chi connectivity index (χ0v) is 18.2. The summed E-state index contributed by atoms with van der Waals surface area (Å²) < 4.78 is 2.17. The van der Waals surface area contributed by atoms with Crippen molar-refractivity contribution in [3.05, 3.63) is 75.2 Å². The van der Waals surface area contributed by atoms with Crippen LogP contribution in [0.15, 0.2) is 47.8 Å². The molecule has 0 fully saturated rings. The number of hydrogen-bond acceptors (Lipinski definition) is 4. The van der Waals surface area contributed by atoms with E-state index in [1.54, 1.807) is 23.3 Å². The van der Waals surface area contributed by atoms with Gasteiger partial charge in [-0.3, -0.25) is 14.5 Å². The van der Waals surface area contributed by atoms with Crippen molar-refractivity contribution >= 4 is 28.7 Å². The van der Waals surface area contributed by atoms with E-state index in [1.165, 1.54) is 4.88 Å². The molecule has 0 bridgehead atoms. The first-order valence-electron chi connectivity index (χ1n) is 9.61. The molecule has 1 aromatic carbocycles. The fourth-order valence-electron chi connectivity index (χ4n) is 3.35. The quantitative estimate of drug-likeness (QED) is 0.565. The first-order chi connectivity index (χ1) is 13.8. The highest BCUT2D eigenvalue weighted by Crippen LogP contribution is 2.20. The fourth-order valence-corrected chi connectivity index (χ4v) is 4.05. The third-order valence-corrected chi connectivity index (χ3v) is 5.79. The van der Waals surface area contributed by atoms with E-state index in [0.717, 1.165) is 34.7 Å². The molecule has 2 aromatic heterocycles. The van der Waals surface area contributed by atoms with Crippen LogP contribution in [0.2, 0.25) is 0 Å². The lowest BCUT2D eigenvalue weighted by Crippen LogP contribution is -2.34. The topological polar surface area (TPSA) is 54.3 Å². The van der Waals surface area contributed by atoms with Crippen LogP contribution in [-0.4, -0.2) is 41.3 Å². The molecule has 1 amide bonds. The van der Waals surface area contributed by atoms with Crippen molar-refractivity contribution in [3.63, 3.8) is 0 Å². The number of carbonyl (C=O) groups excluding carboxylic acids is 2. The van der Waals surface area contributed by atoms with E-state index >= 15 is 0 Å². The summed E-state index contributed by atoms with van der Waals surface area (Å²) >= 11 is 1.71. The monoisotopic (exact) mass is 409 g/mol. The molecule has 3 rings (SSSR count). The molecule has 1 N–H and O–H groups in total. The van der Waals surface area contributed by atoms with Gasteiger partial charge >= 0.3 is 0 Å². The summed E-state index contributed by atoms with van der Waals surface area (Å²) in [5.74, 6) is -0.103. The molecule has 3 aromatic rings. The third-order valence-electron chi connectivity index (χ3n) is 4.93. The average Bonchev–Trinajstić information content (AvgIpc) is 3.27. The summed E-state index contributed by atoms with van der Waals surface area (Å²) in [4.78, 5) is 28.1. The predicted molar refractivity (Wildman–Crippen MR) is 119 cm³/mol. The number of hydrogen-bond donors (Lipinski definition) is 1. The Morgan fingerprint density at radius 1 is 1.07 bits per heavy atom. The summed E-state index contributed by atoms with van der Waals surface area (Å²) in [6.07, 6.45) is 0. The van der Waals surface area contributed by atoms with Crippen LogP contribution in [0, 0.1) is 20.8 Å². The molecule has 0 aliphatic heterocycles. The van der Waals surface area contributed by atoms with Crippen LogP contribution in [0.5, 0.6) is 0 Å². The Kier molecular flexibility index (Phi) is 6.67. The standard InChI is InChI=1S/C23H27N3O2S/c1-16-7-9-19(10-8-16)24-23(28)15-25(4)14-22(27)21-12-17(2)26(18(21)3)13-20-6-5-11-29-20/h5-12H,13-15H2,1-4H3,(H,24,28). The van der Waals surface area contributed by atoms with Gasteiger partial charge in [-0.05, 0) is 57.5 Å². The average molecular weight is 410 g/mol. The molecule has 5 nitrogen and oxygen atoms in total.